The van der Waals surface area contributed by atoms with Crippen molar-refractivity contribution in [1.29, 1.82) is 0 Å². The molecule has 0 saturated carbocycles. The molecule has 3 aromatic rings. The third-order valence-corrected chi connectivity index (χ3v) is 5.24. The predicted octanol–water partition coefficient (Wildman–Crippen LogP) is 4.44. The molecule has 0 saturated heterocycles. The van der Waals surface area contributed by atoms with Crippen LogP contribution >= 0.6 is 0 Å². The molecule has 0 aliphatic carbocycles. The van der Waals surface area contributed by atoms with E-state index in [4.69, 9.17) is 9.47 Å². The zero-order valence-electron chi connectivity index (χ0n) is 17.9. The number of para-hydroxylation sites is 1. The summed E-state index contributed by atoms with van der Waals surface area (Å²) in [5.74, 6) is 0.562. The molecular formula is C26H24N2O4. The average molecular weight is 428 g/mol. The number of carbonyl (C=O) groups excluding carboxylic acids is 2. The first-order valence-corrected chi connectivity index (χ1v) is 10.3. The Balaban J connectivity index is 1.44. The molecule has 4 rings (SSSR count). The van der Waals surface area contributed by atoms with Crippen LogP contribution in [0, 0.1) is 0 Å². The fourth-order valence-corrected chi connectivity index (χ4v) is 3.59. The highest BCUT2D eigenvalue weighted by Gasteiger charge is 2.23. The first-order valence-electron chi connectivity index (χ1n) is 10.3. The minimum Gasteiger partial charge on any atom is -0.493 e. The number of hydrogen-bond donors (Lipinski definition) is 2. The van der Waals surface area contributed by atoms with Crippen molar-refractivity contribution in [3.8, 4) is 11.5 Å². The summed E-state index contributed by atoms with van der Waals surface area (Å²) in [6, 6.07) is 22.5. The van der Waals surface area contributed by atoms with Crippen molar-refractivity contribution in [3.05, 3.63) is 89.5 Å². The van der Waals surface area contributed by atoms with Gasteiger partial charge in [-0.1, -0.05) is 54.6 Å². The lowest BCUT2D eigenvalue weighted by Crippen LogP contribution is -2.31. The van der Waals surface area contributed by atoms with Crippen molar-refractivity contribution in [2.75, 3.05) is 19.0 Å². The topological polar surface area (TPSA) is 76.7 Å². The normalized spacial score (nSPS) is 14.4. The molecule has 1 aliphatic heterocycles. The maximum Gasteiger partial charge on any atom is 0.258 e. The molecule has 3 aromatic carbocycles. The van der Waals surface area contributed by atoms with E-state index in [0.29, 0.717) is 17.1 Å². The summed E-state index contributed by atoms with van der Waals surface area (Å²) in [5, 5.41) is 5.78. The van der Waals surface area contributed by atoms with E-state index < -0.39 is 0 Å². The van der Waals surface area contributed by atoms with Crippen molar-refractivity contribution in [1.82, 2.24) is 5.32 Å². The number of anilines is 1. The molecule has 2 amide bonds. The van der Waals surface area contributed by atoms with E-state index in [1.807, 2.05) is 73.7 Å². The smallest absolute Gasteiger partial charge is 0.258 e. The van der Waals surface area contributed by atoms with E-state index in [0.717, 1.165) is 22.4 Å². The maximum atomic E-state index is 12.3. The summed E-state index contributed by atoms with van der Waals surface area (Å²) in [6.07, 6.45) is 1.81. The van der Waals surface area contributed by atoms with E-state index in [9.17, 15) is 9.59 Å². The Morgan fingerprint density at radius 2 is 1.78 bits per heavy atom. The Kier molecular flexibility index (Phi) is 6.22. The fraction of sp³-hybridized carbons (Fsp3) is 0.154. The Morgan fingerprint density at radius 1 is 1.03 bits per heavy atom. The van der Waals surface area contributed by atoms with Gasteiger partial charge in [-0.05, 0) is 42.3 Å². The van der Waals surface area contributed by atoms with Crippen LogP contribution in [0.25, 0.3) is 11.6 Å². The van der Waals surface area contributed by atoms with Crippen LogP contribution in [0.1, 0.15) is 29.7 Å². The van der Waals surface area contributed by atoms with E-state index in [1.165, 1.54) is 7.11 Å². The summed E-state index contributed by atoms with van der Waals surface area (Å²) >= 11 is 0. The highest BCUT2D eigenvalue weighted by atomic mass is 16.5. The van der Waals surface area contributed by atoms with Crippen molar-refractivity contribution < 1.29 is 19.1 Å². The Morgan fingerprint density at radius 3 is 2.56 bits per heavy atom. The summed E-state index contributed by atoms with van der Waals surface area (Å²) < 4.78 is 11.1. The van der Waals surface area contributed by atoms with Crippen molar-refractivity contribution in [2.45, 2.75) is 13.0 Å². The summed E-state index contributed by atoms with van der Waals surface area (Å²) in [4.78, 5) is 24.7. The second kappa shape index (κ2) is 9.39. The fourth-order valence-electron chi connectivity index (χ4n) is 3.59. The minimum absolute atomic E-state index is 0.122. The number of hydrogen-bond acceptors (Lipinski definition) is 4. The van der Waals surface area contributed by atoms with Crippen LogP contribution in [0.5, 0.6) is 11.5 Å². The number of rotatable bonds is 7. The number of fused-ring (bicyclic) bond motifs is 1. The van der Waals surface area contributed by atoms with Gasteiger partial charge in [0.05, 0.1) is 13.2 Å². The molecule has 2 N–H and O–H groups in total. The summed E-state index contributed by atoms with van der Waals surface area (Å²) in [7, 11) is 1.54. The van der Waals surface area contributed by atoms with Crippen LogP contribution in [-0.4, -0.2) is 25.5 Å². The van der Waals surface area contributed by atoms with Crippen LogP contribution < -0.4 is 20.1 Å². The number of methoxy groups -OCH3 is 1. The van der Waals surface area contributed by atoms with E-state index in [1.54, 1.807) is 12.1 Å². The lowest BCUT2D eigenvalue weighted by atomic mass is 10.0. The number of amides is 2. The lowest BCUT2D eigenvalue weighted by molar-refractivity contribution is -0.123. The monoisotopic (exact) mass is 428 g/mol. The van der Waals surface area contributed by atoms with Gasteiger partial charge in [-0.2, -0.15) is 0 Å². The molecule has 0 radical (unpaired) electrons. The van der Waals surface area contributed by atoms with E-state index >= 15 is 0 Å². The van der Waals surface area contributed by atoms with Gasteiger partial charge in [0.2, 0.25) is 0 Å². The van der Waals surface area contributed by atoms with E-state index in [2.05, 4.69) is 10.6 Å². The standard InChI is InChI=1S/C26H24N2O4/c1-17(19-8-4-3-5-9-19)27-25(29)16-32-23-13-12-18(15-24(23)31-2)14-21-20-10-6-7-11-22(20)28-26(21)30/h3-15,17H,16H2,1-2H3,(H,27,29)(H,28,30)/b21-14-/t17-/m0/s1. The SMILES string of the molecule is COc1cc(/C=C2\C(=O)Nc3ccccc32)ccc1OCC(=O)N[C@@H](C)c1ccccc1. The first-order chi connectivity index (χ1) is 15.5. The first kappa shape index (κ1) is 21.2. The van der Waals surface area contributed by atoms with E-state index in [-0.39, 0.29) is 24.5 Å². The van der Waals surface area contributed by atoms with Gasteiger partial charge in [-0.3, -0.25) is 9.59 Å². The van der Waals surface area contributed by atoms with Gasteiger partial charge in [0.1, 0.15) is 0 Å². The van der Waals surface area contributed by atoms with Crippen LogP contribution in [0.2, 0.25) is 0 Å². The van der Waals surface area contributed by atoms with Gasteiger partial charge in [0, 0.05) is 16.8 Å². The Hall–Kier alpha value is -4.06. The highest BCUT2D eigenvalue weighted by molar-refractivity contribution is 6.34. The molecule has 0 spiro atoms. The van der Waals surface area contributed by atoms with Gasteiger partial charge < -0.3 is 20.1 Å². The van der Waals surface area contributed by atoms with Crippen molar-refractivity contribution in [2.24, 2.45) is 0 Å². The molecule has 1 atom stereocenters. The number of carbonyl (C=O) groups is 2. The molecule has 0 unspecified atom stereocenters. The molecular weight excluding hydrogens is 404 g/mol. The summed E-state index contributed by atoms with van der Waals surface area (Å²) in [5.41, 5.74) is 4.06. The second-order valence-corrected chi connectivity index (χ2v) is 7.46. The number of ether oxygens (including phenoxy) is 2. The molecule has 162 valence electrons. The average Bonchev–Trinajstić information content (AvgIpc) is 3.13. The third-order valence-electron chi connectivity index (χ3n) is 5.24. The second-order valence-electron chi connectivity index (χ2n) is 7.46. The Labute approximate surface area is 186 Å². The van der Waals surface area contributed by atoms with Gasteiger partial charge in [0.25, 0.3) is 11.8 Å². The van der Waals surface area contributed by atoms with Gasteiger partial charge >= 0.3 is 0 Å². The van der Waals surface area contributed by atoms with Gasteiger partial charge in [-0.15, -0.1) is 0 Å². The van der Waals surface area contributed by atoms with Crippen LogP contribution in [0.4, 0.5) is 5.69 Å². The van der Waals surface area contributed by atoms with Crippen LogP contribution in [-0.2, 0) is 9.59 Å². The molecule has 0 aromatic heterocycles. The third kappa shape index (κ3) is 4.64. The minimum atomic E-state index is -0.228. The van der Waals surface area contributed by atoms with Crippen molar-refractivity contribution >= 4 is 29.2 Å². The number of nitrogens with one attached hydrogen (secondary N) is 2. The lowest BCUT2D eigenvalue weighted by Gasteiger charge is -2.15. The molecule has 1 aliphatic rings. The largest absolute Gasteiger partial charge is 0.493 e. The van der Waals surface area contributed by atoms with Gasteiger partial charge in [0.15, 0.2) is 18.1 Å². The Bertz CT molecular complexity index is 1170. The van der Waals surface area contributed by atoms with Crippen molar-refractivity contribution in [3.63, 3.8) is 0 Å². The molecule has 32 heavy (non-hydrogen) atoms. The van der Waals surface area contributed by atoms with Crippen LogP contribution in [0.3, 0.4) is 0 Å². The highest BCUT2D eigenvalue weighted by Crippen LogP contribution is 2.34. The quantitative estimate of drug-likeness (QED) is 0.546. The molecule has 1 heterocycles. The molecule has 6 nitrogen and oxygen atoms in total. The number of benzene rings is 3. The molecule has 0 fully saturated rings. The molecule has 0 bridgehead atoms. The molecule has 6 heteroatoms. The summed E-state index contributed by atoms with van der Waals surface area (Å²) in [6.45, 7) is 1.79. The zero-order chi connectivity index (χ0) is 22.5. The predicted molar refractivity (Wildman–Crippen MR) is 124 cm³/mol. The van der Waals surface area contributed by atoms with Crippen LogP contribution in [0.15, 0.2) is 72.8 Å². The zero-order valence-corrected chi connectivity index (χ0v) is 17.9. The maximum absolute atomic E-state index is 12.3. The van der Waals surface area contributed by atoms with Gasteiger partial charge in [-0.25, -0.2) is 0 Å².